The van der Waals surface area contributed by atoms with Gasteiger partial charge in [-0.15, -0.1) is 0 Å². The monoisotopic (exact) mass is 423 g/mol. The SMILES string of the molecule is CCN(C(=O)O)c1nc2[nH]c(-c3cccc(CNC(=O)COC)n3)cc2c2[nH]cnc12. The van der Waals surface area contributed by atoms with Gasteiger partial charge in [-0.05, 0) is 25.1 Å². The standard InChI is InChI=1S/C20H21N7O4/c1-3-27(20(29)30)19-17-16(22-10-23-17)12-7-14(25-18(12)26-19)13-6-4-5-11(24-13)8-21-15(28)9-31-2/h4-7,10H,3,8-9H2,1-2H3,(H,21,28)(H,22,23)(H,25,26)(H,29,30). The van der Waals surface area contributed by atoms with E-state index in [0.717, 1.165) is 10.3 Å². The van der Waals surface area contributed by atoms with Crippen LogP contribution in [-0.4, -0.2) is 62.3 Å². The van der Waals surface area contributed by atoms with Crippen molar-refractivity contribution in [1.82, 2.24) is 30.2 Å². The second-order valence-electron chi connectivity index (χ2n) is 6.76. The second-order valence-corrected chi connectivity index (χ2v) is 6.76. The number of H-pyrrole nitrogens is 2. The van der Waals surface area contributed by atoms with Crippen molar-refractivity contribution in [3.8, 4) is 11.4 Å². The third kappa shape index (κ3) is 3.90. The second kappa shape index (κ2) is 8.40. The fourth-order valence-electron chi connectivity index (χ4n) is 3.35. The molecule has 160 valence electrons. The van der Waals surface area contributed by atoms with Gasteiger partial charge in [0.25, 0.3) is 0 Å². The van der Waals surface area contributed by atoms with Crippen molar-refractivity contribution in [1.29, 1.82) is 0 Å². The maximum absolute atomic E-state index is 11.6. The summed E-state index contributed by atoms with van der Waals surface area (Å²) in [5.41, 5.74) is 3.73. The predicted octanol–water partition coefficient (Wildman–Crippen LogP) is 2.27. The number of fused-ring (bicyclic) bond motifs is 3. The van der Waals surface area contributed by atoms with Crippen molar-refractivity contribution in [3.05, 3.63) is 36.3 Å². The predicted molar refractivity (Wildman–Crippen MR) is 114 cm³/mol. The normalized spacial score (nSPS) is 11.2. The Labute approximate surface area is 176 Å². The van der Waals surface area contributed by atoms with E-state index < -0.39 is 6.09 Å². The Balaban J connectivity index is 1.73. The number of amides is 2. The zero-order chi connectivity index (χ0) is 22.0. The molecule has 0 spiro atoms. The molecular formula is C20H21N7O4. The van der Waals surface area contributed by atoms with Crippen molar-refractivity contribution < 1.29 is 19.4 Å². The highest BCUT2D eigenvalue weighted by atomic mass is 16.5. The number of pyridine rings is 2. The molecule has 0 aliphatic heterocycles. The van der Waals surface area contributed by atoms with Crippen molar-refractivity contribution in [2.24, 2.45) is 0 Å². The summed E-state index contributed by atoms with van der Waals surface area (Å²) >= 11 is 0. The van der Waals surface area contributed by atoms with Crippen LogP contribution in [0.15, 0.2) is 30.6 Å². The van der Waals surface area contributed by atoms with Crippen LogP contribution in [-0.2, 0) is 16.1 Å². The van der Waals surface area contributed by atoms with Gasteiger partial charge in [-0.2, -0.15) is 0 Å². The first-order valence-electron chi connectivity index (χ1n) is 9.60. The highest BCUT2D eigenvalue weighted by Gasteiger charge is 2.21. The molecule has 4 N–H and O–H groups in total. The lowest BCUT2D eigenvalue weighted by molar-refractivity contribution is -0.124. The lowest BCUT2D eigenvalue weighted by atomic mass is 10.2. The molecule has 0 atom stereocenters. The van der Waals surface area contributed by atoms with E-state index in [2.05, 4.69) is 30.2 Å². The zero-order valence-electron chi connectivity index (χ0n) is 17.0. The van der Waals surface area contributed by atoms with Crippen molar-refractivity contribution in [3.63, 3.8) is 0 Å². The van der Waals surface area contributed by atoms with Crippen LogP contribution >= 0.6 is 0 Å². The molecule has 2 amide bonds. The summed E-state index contributed by atoms with van der Waals surface area (Å²) in [6, 6.07) is 7.39. The number of hydrogen-bond acceptors (Lipinski definition) is 6. The minimum absolute atomic E-state index is 0.0129. The molecule has 4 aromatic heterocycles. The Hall–Kier alpha value is -3.99. The number of methoxy groups -OCH3 is 1. The molecule has 4 rings (SSSR count). The number of aromatic nitrogens is 5. The Kier molecular flexibility index (Phi) is 5.50. The van der Waals surface area contributed by atoms with Gasteiger partial charge in [-0.25, -0.2) is 19.7 Å². The molecule has 0 bridgehead atoms. The molecule has 0 fully saturated rings. The van der Waals surface area contributed by atoms with E-state index in [1.165, 1.54) is 13.4 Å². The van der Waals surface area contributed by atoms with Crippen molar-refractivity contribution in [2.75, 3.05) is 25.2 Å². The highest BCUT2D eigenvalue weighted by molar-refractivity contribution is 6.09. The molecule has 0 aliphatic carbocycles. The quantitative estimate of drug-likeness (QED) is 0.356. The third-order valence-electron chi connectivity index (χ3n) is 4.76. The van der Waals surface area contributed by atoms with Gasteiger partial charge in [0.05, 0.1) is 35.5 Å². The number of rotatable bonds is 7. The van der Waals surface area contributed by atoms with Crippen LogP contribution in [0.1, 0.15) is 12.6 Å². The summed E-state index contributed by atoms with van der Waals surface area (Å²) in [7, 11) is 1.46. The molecule has 0 unspecified atom stereocenters. The fraction of sp³-hybridized carbons (Fsp3) is 0.250. The number of aromatic amines is 2. The molecule has 0 radical (unpaired) electrons. The van der Waals surface area contributed by atoms with Gasteiger partial charge >= 0.3 is 6.09 Å². The van der Waals surface area contributed by atoms with E-state index >= 15 is 0 Å². The number of ether oxygens (including phenoxy) is 1. The Bertz CT molecular complexity index is 1260. The minimum Gasteiger partial charge on any atom is -0.465 e. The Morgan fingerprint density at radius 3 is 2.87 bits per heavy atom. The average molecular weight is 423 g/mol. The number of nitrogens with one attached hydrogen (secondary N) is 3. The van der Waals surface area contributed by atoms with Crippen LogP contribution in [0.25, 0.3) is 33.5 Å². The van der Waals surface area contributed by atoms with Crippen LogP contribution in [0.3, 0.4) is 0 Å². The number of anilines is 1. The molecule has 4 heterocycles. The number of carbonyl (C=O) groups excluding carboxylic acids is 1. The summed E-state index contributed by atoms with van der Waals surface area (Å²) in [5, 5.41) is 13.0. The maximum atomic E-state index is 11.6. The van der Waals surface area contributed by atoms with Gasteiger partial charge in [0, 0.05) is 19.0 Å². The molecule has 0 saturated carbocycles. The van der Waals surface area contributed by atoms with Gasteiger partial charge in [0.1, 0.15) is 17.8 Å². The lowest BCUT2D eigenvalue weighted by Crippen LogP contribution is -2.29. The Morgan fingerprint density at radius 1 is 1.29 bits per heavy atom. The van der Waals surface area contributed by atoms with Gasteiger partial charge in [-0.1, -0.05) is 6.07 Å². The zero-order valence-corrected chi connectivity index (χ0v) is 17.0. The smallest absolute Gasteiger partial charge is 0.413 e. The minimum atomic E-state index is -1.10. The summed E-state index contributed by atoms with van der Waals surface area (Å²) in [6.07, 6.45) is 0.412. The van der Waals surface area contributed by atoms with Crippen LogP contribution in [0.4, 0.5) is 10.6 Å². The fourth-order valence-corrected chi connectivity index (χ4v) is 3.35. The van der Waals surface area contributed by atoms with Gasteiger partial charge < -0.3 is 25.1 Å². The molecular weight excluding hydrogens is 402 g/mol. The van der Waals surface area contributed by atoms with Gasteiger partial charge in [-0.3, -0.25) is 9.69 Å². The number of nitrogens with zero attached hydrogens (tertiary/aromatic N) is 4. The van der Waals surface area contributed by atoms with E-state index in [4.69, 9.17) is 4.74 Å². The lowest BCUT2D eigenvalue weighted by Gasteiger charge is -2.16. The molecule has 0 aliphatic rings. The van der Waals surface area contributed by atoms with Crippen molar-refractivity contribution in [2.45, 2.75) is 13.5 Å². The number of imidazole rings is 1. The highest BCUT2D eigenvalue weighted by Crippen LogP contribution is 2.31. The molecule has 0 saturated heterocycles. The average Bonchev–Trinajstić information content (AvgIpc) is 3.40. The van der Waals surface area contributed by atoms with Crippen LogP contribution in [0.5, 0.6) is 0 Å². The van der Waals surface area contributed by atoms with E-state index in [0.29, 0.717) is 33.8 Å². The van der Waals surface area contributed by atoms with Gasteiger partial charge in [0.15, 0.2) is 5.82 Å². The van der Waals surface area contributed by atoms with E-state index in [9.17, 15) is 14.7 Å². The van der Waals surface area contributed by atoms with E-state index in [1.54, 1.807) is 6.92 Å². The molecule has 11 heteroatoms. The topological polar surface area (TPSA) is 149 Å². The number of carboxylic acid groups (broad SMARTS) is 1. The molecule has 4 aromatic rings. The first-order valence-corrected chi connectivity index (χ1v) is 9.60. The third-order valence-corrected chi connectivity index (χ3v) is 4.76. The van der Waals surface area contributed by atoms with Crippen LogP contribution < -0.4 is 10.2 Å². The first-order chi connectivity index (χ1) is 15.0. The Morgan fingerprint density at radius 2 is 2.13 bits per heavy atom. The summed E-state index contributed by atoms with van der Waals surface area (Å²) in [4.78, 5) is 44.1. The van der Waals surface area contributed by atoms with Gasteiger partial charge in [0.2, 0.25) is 5.91 Å². The molecule has 31 heavy (non-hydrogen) atoms. The summed E-state index contributed by atoms with van der Waals surface area (Å²) < 4.78 is 4.80. The first kappa shape index (κ1) is 20.3. The van der Waals surface area contributed by atoms with E-state index in [-0.39, 0.29) is 31.4 Å². The van der Waals surface area contributed by atoms with Crippen LogP contribution in [0, 0.1) is 0 Å². The van der Waals surface area contributed by atoms with Crippen LogP contribution in [0.2, 0.25) is 0 Å². The molecule has 11 nitrogen and oxygen atoms in total. The maximum Gasteiger partial charge on any atom is 0.413 e. The summed E-state index contributed by atoms with van der Waals surface area (Å²) in [5.74, 6) is 0.0345. The largest absolute Gasteiger partial charge is 0.465 e. The summed E-state index contributed by atoms with van der Waals surface area (Å²) in [6.45, 7) is 2.23. The molecule has 0 aromatic carbocycles. The number of carbonyl (C=O) groups is 2. The number of hydrogen-bond donors (Lipinski definition) is 4. The van der Waals surface area contributed by atoms with E-state index in [1.807, 2.05) is 24.3 Å². The van der Waals surface area contributed by atoms with Crippen molar-refractivity contribution >= 4 is 39.9 Å².